The lowest BCUT2D eigenvalue weighted by Gasteiger charge is -2.27. The second-order valence-corrected chi connectivity index (χ2v) is 7.15. The molecule has 0 bridgehead atoms. The van der Waals surface area contributed by atoms with Crippen LogP contribution in [0.1, 0.15) is 50.5 Å². The Labute approximate surface area is 139 Å². The van der Waals surface area contributed by atoms with Gasteiger partial charge in [0.25, 0.3) is 0 Å². The molecule has 1 aliphatic heterocycles. The number of piperidine rings is 1. The Balaban J connectivity index is 1.57. The van der Waals surface area contributed by atoms with E-state index in [0.29, 0.717) is 0 Å². The molecule has 2 atom stereocenters. The third kappa shape index (κ3) is 4.79. The van der Waals surface area contributed by atoms with Gasteiger partial charge in [-0.05, 0) is 62.9 Å². The molecule has 1 saturated heterocycles. The van der Waals surface area contributed by atoms with E-state index in [-0.39, 0.29) is 17.9 Å². The van der Waals surface area contributed by atoms with Crippen LogP contribution in [0.15, 0.2) is 24.3 Å². The summed E-state index contributed by atoms with van der Waals surface area (Å²) in [4.78, 5) is 14.9. The Kier molecular flexibility index (Phi) is 5.68. The number of rotatable bonds is 4. The van der Waals surface area contributed by atoms with Gasteiger partial charge in [-0.25, -0.2) is 0 Å². The Morgan fingerprint density at radius 3 is 2.78 bits per heavy atom. The number of likely N-dealkylation sites (tertiary alicyclic amines) is 1. The van der Waals surface area contributed by atoms with Crippen molar-refractivity contribution in [3.63, 3.8) is 0 Å². The number of anilines is 1. The number of nitrogens with one attached hydrogen (secondary N) is 1. The van der Waals surface area contributed by atoms with Crippen molar-refractivity contribution in [1.29, 1.82) is 0 Å². The number of nitrogens with zero attached hydrogens (tertiary/aromatic N) is 1. The van der Waals surface area contributed by atoms with E-state index in [1.54, 1.807) is 0 Å². The van der Waals surface area contributed by atoms with Crippen LogP contribution in [0.3, 0.4) is 0 Å². The lowest BCUT2D eigenvalue weighted by Crippen LogP contribution is -2.34. The van der Waals surface area contributed by atoms with Gasteiger partial charge in [0.15, 0.2) is 0 Å². The summed E-state index contributed by atoms with van der Waals surface area (Å²) in [5, 5.41) is 3.10. The van der Waals surface area contributed by atoms with E-state index in [0.717, 1.165) is 37.9 Å². The molecule has 4 nitrogen and oxygen atoms in total. The molecule has 3 N–H and O–H groups in total. The minimum absolute atomic E-state index is 0.0736. The van der Waals surface area contributed by atoms with Crippen molar-refractivity contribution in [1.82, 2.24) is 4.90 Å². The van der Waals surface area contributed by atoms with E-state index < -0.39 is 0 Å². The zero-order valence-corrected chi connectivity index (χ0v) is 14.0. The summed E-state index contributed by atoms with van der Waals surface area (Å²) >= 11 is 0. The molecule has 0 aromatic heterocycles. The van der Waals surface area contributed by atoms with Crippen LogP contribution < -0.4 is 11.1 Å². The van der Waals surface area contributed by atoms with Crippen LogP contribution in [0.25, 0.3) is 0 Å². The van der Waals surface area contributed by atoms with E-state index >= 15 is 0 Å². The molecule has 3 rings (SSSR count). The van der Waals surface area contributed by atoms with Crippen LogP contribution in [0.5, 0.6) is 0 Å². The van der Waals surface area contributed by atoms with Crippen molar-refractivity contribution in [3.8, 4) is 0 Å². The molecule has 2 fully saturated rings. The predicted molar refractivity (Wildman–Crippen MR) is 94.1 cm³/mol. The monoisotopic (exact) mass is 315 g/mol. The van der Waals surface area contributed by atoms with Crippen molar-refractivity contribution in [2.45, 2.75) is 57.5 Å². The average molecular weight is 315 g/mol. The van der Waals surface area contributed by atoms with Gasteiger partial charge in [-0.3, -0.25) is 9.69 Å². The minimum Gasteiger partial charge on any atom is -0.328 e. The fourth-order valence-corrected chi connectivity index (χ4v) is 3.83. The number of nitrogens with two attached hydrogens (primary N) is 1. The first-order valence-electron chi connectivity index (χ1n) is 9.08. The van der Waals surface area contributed by atoms with Gasteiger partial charge in [0.1, 0.15) is 0 Å². The molecule has 1 aromatic rings. The second kappa shape index (κ2) is 7.93. The quantitative estimate of drug-likeness (QED) is 0.897. The largest absolute Gasteiger partial charge is 0.328 e. The van der Waals surface area contributed by atoms with Gasteiger partial charge in [0.2, 0.25) is 5.91 Å². The van der Waals surface area contributed by atoms with Crippen LogP contribution >= 0.6 is 0 Å². The van der Waals surface area contributed by atoms with Gasteiger partial charge < -0.3 is 11.1 Å². The topological polar surface area (TPSA) is 58.4 Å². The van der Waals surface area contributed by atoms with Crippen LogP contribution in [0.4, 0.5) is 5.69 Å². The van der Waals surface area contributed by atoms with E-state index in [1.807, 2.05) is 12.1 Å². The van der Waals surface area contributed by atoms with E-state index in [4.69, 9.17) is 5.73 Å². The van der Waals surface area contributed by atoms with E-state index in [9.17, 15) is 4.79 Å². The number of hydrogen-bond acceptors (Lipinski definition) is 3. The molecule has 1 aromatic carbocycles. The molecule has 4 heteroatoms. The molecule has 1 aliphatic carbocycles. The van der Waals surface area contributed by atoms with E-state index in [2.05, 4.69) is 22.3 Å². The first-order valence-corrected chi connectivity index (χ1v) is 9.08. The maximum absolute atomic E-state index is 12.4. The van der Waals surface area contributed by atoms with E-state index in [1.165, 1.54) is 37.9 Å². The van der Waals surface area contributed by atoms with Gasteiger partial charge in [0, 0.05) is 24.2 Å². The molecule has 1 heterocycles. The second-order valence-electron chi connectivity index (χ2n) is 7.15. The smallest absolute Gasteiger partial charge is 0.227 e. The molecule has 126 valence electrons. The standard InChI is InChI=1S/C19H29N3O/c20-17-8-5-7-16(13-17)19(23)21-18-9-4-6-15(12-18)14-22-10-2-1-3-11-22/h4,6,9,12,16-17H,1-3,5,7-8,10-11,13-14,20H2,(H,21,23). The predicted octanol–water partition coefficient (Wildman–Crippen LogP) is 3.13. The van der Waals surface area contributed by atoms with Gasteiger partial charge in [0.05, 0.1) is 0 Å². The molecule has 1 amide bonds. The van der Waals surface area contributed by atoms with Gasteiger partial charge in [-0.2, -0.15) is 0 Å². The first-order chi connectivity index (χ1) is 11.2. The molecular weight excluding hydrogens is 286 g/mol. The summed E-state index contributed by atoms with van der Waals surface area (Å²) in [5.74, 6) is 0.208. The molecule has 0 spiro atoms. The zero-order chi connectivity index (χ0) is 16.1. The fourth-order valence-electron chi connectivity index (χ4n) is 3.83. The Hall–Kier alpha value is -1.39. The Morgan fingerprint density at radius 2 is 2.00 bits per heavy atom. The van der Waals surface area contributed by atoms with Crippen molar-refractivity contribution >= 4 is 11.6 Å². The number of carbonyl (C=O) groups excluding carboxylic acids is 1. The van der Waals surface area contributed by atoms with Crippen molar-refractivity contribution in [2.75, 3.05) is 18.4 Å². The van der Waals surface area contributed by atoms with Crippen molar-refractivity contribution in [2.24, 2.45) is 11.7 Å². The maximum Gasteiger partial charge on any atom is 0.227 e. The molecule has 1 saturated carbocycles. The Morgan fingerprint density at radius 1 is 1.17 bits per heavy atom. The normalized spacial score (nSPS) is 26.0. The summed E-state index contributed by atoms with van der Waals surface area (Å²) in [6.45, 7) is 3.37. The molecule has 2 unspecified atom stereocenters. The van der Waals surface area contributed by atoms with Crippen LogP contribution in [-0.2, 0) is 11.3 Å². The number of benzene rings is 1. The van der Waals surface area contributed by atoms with Crippen LogP contribution in [0.2, 0.25) is 0 Å². The maximum atomic E-state index is 12.4. The molecular formula is C19H29N3O. The number of amides is 1. The summed E-state index contributed by atoms with van der Waals surface area (Å²) in [5.41, 5.74) is 8.20. The van der Waals surface area contributed by atoms with Gasteiger partial charge >= 0.3 is 0 Å². The SMILES string of the molecule is NC1CCCC(C(=O)Nc2cccc(CN3CCCCC3)c2)C1. The fraction of sp³-hybridized carbons (Fsp3) is 0.632. The summed E-state index contributed by atoms with van der Waals surface area (Å²) in [7, 11) is 0. The molecule has 0 radical (unpaired) electrons. The highest BCUT2D eigenvalue weighted by atomic mass is 16.1. The third-order valence-corrected chi connectivity index (χ3v) is 5.13. The van der Waals surface area contributed by atoms with Crippen molar-refractivity contribution < 1.29 is 4.79 Å². The minimum atomic E-state index is 0.0736. The molecule has 23 heavy (non-hydrogen) atoms. The average Bonchev–Trinajstić information content (AvgIpc) is 2.56. The summed E-state index contributed by atoms with van der Waals surface area (Å²) in [6, 6.07) is 8.49. The first kappa shape index (κ1) is 16.5. The number of carbonyl (C=O) groups is 1. The molecule has 2 aliphatic rings. The summed E-state index contributed by atoms with van der Waals surface area (Å²) < 4.78 is 0. The van der Waals surface area contributed by atoms with Crippen LogP contribution in [0, 0.1) is 5.92 Å². The lowest BCUT2D eigenvalue weighted by atomic mass is 9.85. The number of hydrogen-bond donors (Lipinski definition) is 2. The highest BCUT2D eigenvalue weighted by Gasteiger charge is 2.25. The lowest BCUT2D eigenvalue weighted by molar-refractivity contribution is -0.120. The zero-order valence-electron chi connectivity index (χ0n) is 14.0. The van der Waals surface area contributed by atoms with Gasteiger partial charge in [-0.1, -0.05) is 25.0 Å². The van der Waals surface area contributed by atoms with Crippen molar-refractivity contribution in [3.05, 3.63) is 29.8 Å². The third-order valence-electron chi connectivity index (χ3n) is 5.13. The van der Waals surface area contributed by atoms with Gasteiger partial charge in [-0.15, -0.1) is 0 Å². The highest BCUT2D eigenvalue weighted by molar-refractivity contribution is 5.92. The van der Waals surface area contributed by atoms with Crippen LogP contribution in [-0.4, -0.2) is 29.9 Å². The Bertz CT molecular complexity index is 525. The summed E-state index contributed by atoms with van der Waals surface area (Å²) in [6.07, 6.45) is 7.86. The highest BCUT2D eigenvalue weighted by Crippen LogP contribution is 2.25.